The maximum absolute atomic E-state index is 11.7. The molecule has 0 radical (unpaired) electrons. The monoisotopic (exact) mass is 413 g/mol. The summed E-state index contributed by atoms with van der Waals surface area (Å²) in [6.45, 7) is 3.12. The lowest BCUT2D eigenvalue weighted by atomic mass is 10.2. The molecule has 30 heavy (non-hydrogen) atoms. The number of piperazine rings is 1. The van der Waals surface area contributed by atoms with Gasteiger partial charge in [-0.1, -0.05) is 0 Å². The van der Waals surface area contributed by atoms with E-state index in [0.717, 1.165) is 37.3 Å². The van der Waals surface area contributed by atoms with Crippen LogP contribution in [0.5, 0.6) is 0 Å². The van der Waals surface area contributed by atoms with Crippen LogP contribution in [0.3, 0.4) is 0 Å². The van der Waals surface area contributed by atoms with Crippen molar-refractivity contribution in [3.63, 3.8) is 0 Å². The van der Waals surface area contributed by atoms with Crippen molar-refractivity contribution in [3.05, 3.63) is 35.7 Å². The number of hydrogen-bond acceptors (Lipinski definition) is 8. The molecule has 4 rings (SSSR count). The first-order valence-corrected chi connectivity index (χ1v) is 10.1. The fraction of sp³-hybridized carbons (Fsp3) is 0.450. The number of ether oxygens (including phenoxy) is 1. The molecule has 160 valence electrons. The number of primary amides is 1. The lowest BCUT2D eigenvalue weighted by Crippen LogP contribution is -2.48. The highest BCUT2D eigenvalue weighted by atomic mass is 16.5. The zero-order chi connectivity index (χ0) is 21.1. The molecule has 2 aliphatic heterocycles. The first kappa shape index (κ1) is 19.9. The Hall–Kier alpha value is -3.43. The molecular weight excluding hydrogens is 386 g/mol. The van der Waals surface area contributed by atoms with E-state index in [0.29, 0.717) is 43.0 Å². The number of guanidine groups is 1. The van der Waals surface area contributed by atoms with Gasteiger partial charge in [0.1, 0.15) is 5.82 Å². The number of anilines is 2. The van der Waals surface area contributed by atoms with E-state index in [2.05, 4.69) is 25.8 Å². The minimum Gasteiger partial charge on any atom is -0.453 e. The third kappa shape index (κ3) is 4.58. The molecule has 10 heteroatoms. The molecule has 5 N–H and O–H groups in total. The van der Waals surface area contributed by atoms with E-state index >= 15 is 0 Å². The summed E-state index contributed by atoms with van der Waals surface area (Å²) in [5.41, 5.74) is 7.91. The van der Waals surface area contributed by atoms with Crippen molar-refractivity contribution in [3.8, 4) is 0 Å². The molecule has 0 aromatic heterocycles. The zero-order valence-corrected chi connectivity index (χ0v) is 17.0. The van der Waals surface area contributed by atoms with Crippen LogP contribution < -0.4 is 26.6 Å². The third-order valence-electron chi connectivity index (χ3n) is 5.37. The molecule has 0 spiro atoms. The Morgan fingerprint density at radius 1 is 1.17 bits per heavy atom. The van der Waals surface area contributed by atoms with Gasteiger partial charge in [-0.25, -0.2) is 4.79 Å². The van der Waals surface area contributed by atoms with Gasteiger partial charge in [-0.05, 0) is 37.1 Å². The number of nitrogens with zero attached hydrogens (tertiary/aromatic N) is 3. The Morgan fingerprint density at radius 3 is 2.47 bits per heavy atom. The van der Waals surface area contributed by atoms with Crippen LogP contribution in [0.25, 0.3) is 0 Å². The van der Waals surface area contributed by atoms with Gasteiger partial charge in [0, 0.05) is 43.6 Å². The fourth-order valence-corrected chi connectivity index (χ4v) is 3.46. The quantitative estimate of drug-likeness (QED) is 0.551. The van der Waals surface area contributed by atoms with Gasteiger partial charge in [-0.2, -0.15) is 4.99 Å². The van der Waals surface area contributed by atoms with Crippen molar-refractivity contribution in [1.82, 2.24) is 15.5 Å². The molecule has 1 saturated heterocycles. The number of methoxy groups -OCH3 is 1. The molecule has 0 atom stereocenters. The highest BCUT2D eigenvalue weighted by Crippen LogP contribution is 2.23. The van der Waals surface area contributed by atoms with Crippen LogP contribution in [-0.4, -0.2) is 68.7 Å². The number of carbonyl (C=O) groups is 2. The summed E-state index contributed by atoms with van der Waals surface area (Å²) < 4.78 is 4.78. The van der Waals surface area contributed by atoms with Gasteiger partial charge in [-0.3, -0.25) is 4.79 Å². The average Bonchev–Trinajstić information content (AvgIpc) is 3.58. The molecule has 1 aliphatic carbocycles. The summed E-state index contributed by atoms with van der Waals surface area (Å²) in [5, 5.41) is 9.63. The van der Waals surface area contributed by atoms with E-state index in [9.17, 15) is 9.59 Å². The van der Waals surface area contributed by atoms with Crippen molar-refractivity contribution < 1.29 is 14.3 Å². The van der Waals surface area contributed by atoms with Crippen LogP contribution in [0.4, 0.5) is 16.2 Å². The molecule has 0 bridgehead atoms. The molecule has 2 heterocycles. The molecule has 2 amide bonds. The predicted molar refractivity (Wildman–Crippen MR) is 114 cm³/mol. The molecule has 1 saturated carbocycles. The van der Waals surface area contributed by atoms with Gasteiger partial charge in [0.2, 0.25) is 11.9 Å². The number of aliphatic imine (C=N–C) groups is 1. The Labute approximate surface area is 175 Å². The summed E-state index contributed by atoms with van der Waals surface area (Å²) in [6.07, 6.45) is 1.88. The van der Waals surface area contributed by atoms with Crippen molar-refractivity contribution in [2.24, 2.45) is 10.7 Å². The zero-order valence-electron chi connectivity index (χ0n) is 17.0. The largest absolute Gasteiger partial charge is 0.453 e. The van der Waals surface area contributed by atoms with Crippen molar-refractivity contribution in [1.29, 1.82) is 0 Å². The second kappa shape index (κ2) is 8.52. The van der Waals surface area contributed by atoms with Crippen LogP contribution in [0.2, 0.25) is 0 Å². The van der Waals surface area contributed by atoms with Gasteiger partial charge in [0.15, 0.2) is 0 Å². The van der Waals surface area contributed by atoms with Crippen molar-refractivity contribution in [2.75, 3.05) is 50.1 Å². The summed E-state index contributed by atoms with van der Waals surface area (Å²) in [4.78, 5) is 31.7. The normalized spacial score (nSPS) is 19.0. The lowest BCUT2D eigenvalue weighted by Gasteiger charge is -2.35. The number of carbonyl (C=O) groups excluding carboxylic acids is 2. The standard InChI is InChI=1S/C20H27N7O3/c1-30-20(29)27-10-8-26(9-11-27)15-6-4-14(5-7-15)24-19-22-12-16(17(21)28)18(25-19)23-13-2-3-13/h4-7,13,23H,2-3,8-12H2,1H3,(H2,21,28)(H2,22,24,25). The number of benzene rings is 1. The van der Waals surface area contributed by atoms with Crippen LogP contribution in [0.15, 0.2) is 40.7 Å². The van der Waals surface area contributed by atoms with E-state index in [4.69, 9.17) is 10.5 Å². The topological polar surface area (TPSA) is 124 Å². The van der Waals surface area contributed by atoms with Gasteiger partial charge in [-0.15, -0.1) is 0 Å². The van der Waals surface area contributed by atoms with Gasteiger partial charge >= 0.3 is 6.09 Å². The predicted octanol–water partition coefficient (Wildman–Crippen LogP) is 0.395. The van der Waals surface area contributed by atoms with E-state index in [-0.39, 0.29) is 6.09 Å². The minimum absolute atomic E-state index is 0.279. The number of rotatable bonds is 5. The number of nitrogens with two attached hydrogens (primary N) is 1. The summed E-state index contributed by atoms with van der Waals surface area (Å²) in [6, 6.07) is 8.40. The van der Waals surface area contributed by atoms with Crippen molar-refractivity contribution in [2.45, 2.75) is 18.9 Å². The van der Waals surface area contributed by atoms with Gasteiger partial charge in [0.05, 0.1) is 19.2 Å². The Kier molecular flexibility index (Phi) is 5.64. The first-order valence-electron chi connectivity index (χ1n) is 10.1. The van der Waals surface area contributed by atoms with Crippen LogP contribution >= 0.6 is 0 Å². The van der Waals surface area contributed by atoms with E-state index < -0.39 is 5.91 Å². The SMILES string of the molecule is COC(=O)N1CCN(c2ccc(NC3=NC(NC4CC4)=C(C(N)=O)CN3)cc2)CC1. The van der Waals surface area contributed by atoms with Crippen LogP contribution in [0.1, 0.15) is 12.8 Å². The summed E-state index contributed by atoms with van der Waals surface area (Å²) in [7, 11) is 1.40. The first-order chi connectivity index (χ1) is 14.5. The third-order valence-corrected chi connectivity index (χ3v) is 5.37. The molecule has 0 unspecified atom stereocenters. The Bertz CT molecular complexity index is 869. The maximum Gasteiger partial charge on any atom is 0.409 e. The molecular formula is C20H27N7O3. The molecule has 1 aromatic rings. The van der Waals surface area contributed by atoms with Gasteiger partial charge in [0.25, 0.3) is 0 Å². The van der Waals surface area contributed by atoms with E-state index in [1.807, 2.05) is 24.3 Å². The highest BCUT2D eigenvalue weighted by molar-refractivity contribution is 6.00. The molecule has 2 fully saturated rings. The van der Waals surface area contributed by atoms with E-state index in [1.54, 1.807) is 4.90 Å². The lowest BCUT2D eigenvalue weighted by molar-refractivity contribution is -0.114. The number of amides is 2. The second-order valence-corrected chi connectivity index (χ2v) is 7.54. The number of nitrogens with one attached hydrogen (secondary N) is 3. The molecule has 1 aromatic carbocycles. The van der Waals surface area contributed by atoms with E-state index in [1.165, 1.54) is 7.11 Å². The summed E-state index contributed by atoms with van der Waals surface area (Å²) in [5.74, 6) is 0.652. The Balaban J connectivity index is 1.38. The molecule has 10 nitrogen and oxygen atoms in total. The highest BCUT2D eigenvalue weighted by Gasteiger charge is 2.26. The minimum atomic E-state index is -0.468. The van der Waals surface area contributed by atoms with Gasteiger partial charge < -0.3 is 36.2 Å². The van der Waals surface area contributed by atoms with Crippen LogP contribution in [-0.2, 0) is 9.53 Å². The smallest absolute Gasteiger partial charge is 0.409 e. The number of hydrogen-bond donors (Lipinski definition) is 4. The fourth-order valence-electron chi connectivity index (χ4n) is 3.46. The molecule has 3 aliphatic rings. The summed E-state index contributed by atoms with van der Waals surface area (Å²) >= 11 is 0. The Morgan fingerprint density at radius 2 is 1.87 bits per heavy atom. The maximum atomic E-state index is 11.7. The second-order valence-electron chi connectivity index (χ2n) is 7.54. The average molecular weight is 413 g/mol. The van der Waals surface area contributed by atoms with Crippen molar-refractivity contribution >= 4 is 29.3 Å². The van der Waals surface area contributed by atoms with Crippen LogP contribution in [0, 0.1) is 0 Å².